The summed E-state index contributed by atoms with van der Waals surface area (Å²) in [6.45, 7) is 4.25. The van der Waals surface area contributed by atoms with Crippen LogP contribution in [0.3, 0.4) is 0 Å². The van der Waals surface area contributed by atoms with Crippen molar-refractivity contribution in [3.8, 4) is 0 Å². The lowest BCUT2D eigenvalue weighted by Crippen LogP contribution is -2.61. The number of rotatable bonds is 32. The van der Waals surface area contributed by atoms with Crippen molar-refractivity contribution < 1.29 is 63.0 Å². The number of guanidine groups is 1. The number of carboxylic acid groups (broad SMARTS) is 1. The molecule has 10 amide bonds. The second-order valence-electron chi connectivity index (χ2n) is 18.3. The van der Waals surface area contributed by atoms with Gasteiger partial charge in [-0.2, -0.15) is 37.0 Å². The standard InChI is InChI=1S/C44H76N14O13S3/c1-22(2)18-27(37(64)56-30(21-73)43(70)71)53-35(62)24(8-5-14-49-44(47)48)51-39(66)31-9-6-15-57(31)41(68)26(13-17-74-4)52-40(67)32-10-7-16-58(32)42(69)28(19-59)54-36(63)25(11-12-33(46)60)50-38(65)29(20-72)55-34(61)23(3)45/h22-32,59,72-73H,5-21,45H2,1-4H3,(H2,46,60)(H,50,65)(H,51,66)(H,52,67)(H,53,62)(H,54,63)(H,55,61)(H,56,64)(H,70,71)(H4,47,48,49)/t23-,24-,25-,26-,27-,28-,29-,30-,31-,32-/m0/s1. The van der Waals surface area contributed by atoms with Crippen LogP contribution in [0.4, 0.5) is 0 Å². The number of aliphatic imine (C=N–C) groups is 1. The predicted octanol–water partition coefficient (Wildman–Crippen LogP) is -5.24. The number of thiol groups is 2. The third-order valence-corrected chi connectivity index (χ3v) is 13.3. The minimum absolute atomic E-state index is 0.0114. The lowest BCUT2D eigenvalue weighted by Gasteiger charge is -2.32. The normalized spacial score (nSPS) is 18.5. The van der Waals surface area contributed by atoms with Gasteiger partial charge >= 0.3 is 5.97 Å². The second kappa shape index (κ2) is 32.7. The van der Waals surface area contributed by atoms with E-state index in [0.717, 1.165) is 4.90 Å². The molecule has 0 aliphatic carbocycles. The molecule has 0 unspecified atom stereocenters. The van der Waals surface area contributed by atoms with Crippen LogP contribution in [0.15, 0.2) is 4.99 Å². The Morgan fingerprint density at radius 1 is 0.635 bits per heavy atom. The molecule has 27 nitrogen and oxygen atoms in total. The first-order valence-corrected chi connectivity index (χ1v) is 26.9. The summed E-state index contributed by atoms with van der Waals surface area (Å²) in [4.78, 5) is 152. The highest BCUT2D eigenvalue weighted by Gasteiger charge is 2.43. The maximum absolute atomic E-state index is 14.4. The van der Waals surface area contributed by atoms with E-state index < -0.39 is 132 Å². The molecule has 2 aliphatic heterocycles. The number of aliphatic hydroxyl groups is 1. The Kier molecular flexibility index (Phi) is 28.5. The molecular formula is C44H76N14O13S3. The van der Waals surface area contributed by atoms with Crippen molar-refractivity contribution in [1.82, 2.24) is 47.0 Å². The Morgan fingerprint density at radius 2 is 1.09 bits per heavy atom. The summed E-state index contributed by atoms with van der Waals surface area (Å²) in [5.74, 6) is -9.48. The van der Waals surface area contributed by atoms with Crippen molar-refractivity contribution in [2.75, 3.05) is 49.8 Å². The molecule has 2 aliphatic rings. The van der Waals surface area contributed by atoms with Crippen molar-refractivity contribution >= 4 is 108 Å². The van der Waals surface area contributed by atoms with E-state index in [0.29, 0.717) is 18.6 Å². The number of amides is 10. The molecule has 2 fully saturated rings. The van der Waals surface area contributed by atoms with Crippen molar-refractivity contribution in [3.05, 3.63) is 0 Å². The minimum Gasteiger partial charge on any atom is -0.480 e. The maximum atomic E-state index is 14.4. The molecule has 0 aromatic rings. The van der Waals surface area contributed by atoms with Gasteiger partial charge in [0.15, 0.2) is 5.96 Å². The smallest absolute Gasteiger partial charge is 0.327 e. The van der Waals surface area contributed by atoms with Gasteiger partial charge in [0, 0.05) is 37.6 Å². The molecule has 74 heavy (non-hydrogen) atoms. The fourth-order valence-electron chi connectivity index (χ4n) is 8.02. The van der Waals surface area contributed by atoms with Crippen LogP contribution in [0.1, 0.15) is 85.0 Å². The average Bonchev–Trinajstić information content (AvgIpc) is 4.05. The number of nitrogens with zero attached hydrogens (tertiary/aromatic N) is 3. The Morgan fingerprint density at radius 3 is 1.57 bits per heavy atom. The van der Waals surface area contributed by atoms with E-state index in [1.807, 2.05) is 0 Å². The van der Waals surface area contributed by atoms with Crippen LogP contribution in [0.25, 0.3) is 0 Å². The largest absolute Gasteiger partial charge is 0.480 e. The predicted molar refractivity (Wildman–Crippen MR) is 280 cm³/mol. The SMILES string of the molecule is CSCC[C@H](NC(=O)[C@@H]1CCCN1C(=O)[C@H](CO)NC(=O)[C@H](CCC(N)=O)NC(=O)[C@H](CS)NC(=O)[C@H](C)N)C(=O)N1CCC[C@H]1C(=O)N[C@@H](CCCN=C(N)N)C(=O)N[C@@H](CC(C)C)C(=O)N[C@@H](CS)C(=O)O. The molecule has 0 saturated carbocycles. The topological polar surface area (TPSA) is 435 Å². The minimum atomic E-state index is -1.64. The Bertz CT molecular complexity index is 2020. The van der Waals surface area contributed by atoms with Gasteiger partial charge in [0.05, 0.1) is 12.6 Å². The lowest BCUT2D eigenvalue weighted by atomic mass is 10.0. The van der Waals surface area contributed by atoms with Crippen molar-refractivity contribution in [3.63, 3.8) is 0 Å². The van der Waals surface area contributed by atoms with E-state index >= 15 is 0 Å². The van der Waals surface area contributed by atoms with Crippen LogP contribution >= 0.6 is 37.0 Å². The Labute approximate surface area is 445 Å². The maximum Gasteiger partial charge on any atom is 0.327 e. The Balaban J connectivity index is 2.32. The molecule has 2 heterocycles. The van der Waals surface area contributed by atoms with Gasteiger partial charge in [-0.3, -0.25) is 52.9 Å². The first-order valence-electron chi connectivity index (χ1n) is 24.3. The van der Waals surface area contributed by atoms with E-state index in [4.69, 9.17) is 22.9 Å². The van der Waals surface area contributed by atoms with E-state index in [9.17, 15) is 63.0 Å². The van der Waals surface area contributed by atoms with Gasteiger partial charge in [0.1, 0.15) is 54.4 Å². The van der Waals surface area contributed by atoms with Crippen LogP contribution in [0, 0.1) is 5.92 Å². The number of hydrogen-bond acceptors (Lipinski definition) is 17. The number of carboxylic acids is 1. The van der Waals surface area contributed by atoms with Crippen LogP contribution < -0.4 is 60.2 Å². The highest BCUT2D eigenvalue weighted by Crippen LogP contribution is 2.23. The molecule has 30 heteroatoms. The summed E-state index contributed by atoms with van der Waals surface area (Å²) in [5, 5.41) is 37.5. The molecule has 0 radical (unpaired) electrons. The summed E-state index contributed by atoms with van der Waals surface area (Å²) in [7, 11) is 0. The zero-order valence-electron chi connectivity index (χ0n) is 42.2. The zero-order valence-corrected chi connectivity index (χ0v) is 44.8. The van der Waals surface area contributed by atoms with Crippen molar-refractivity contribution in [2.45, 2.75) is 145 Å². The molecule has 0 aromatic carbocycles. The average molecular weight is 1110 g/mol. The number of nitrogens with one attached hydrogen (secondary N) is 7. The van der Waals surface area contributed by atoms with Gasteiger partial charge in [0.2, 0.25) is 59.1 Å². The number of likely N-dealkylation sites (tertiary alicyclic amines) is 2. The molecular weight excluding hydrogens is 1030 g/mol. The quantitative estimate of drug-likeness (QED) is 0.0130. The number of nitrogens with two attached hydrogens (primary N) is 4. The van der Waals surface area contributed by atoms with Gasteiger partial charge in [-0.1, -0.05) is 13.8 Å². The molecule has 418 valence electrons. The number of hydrogen-bond donors (Lipinski definition) is 15. The van der Waals surface area contributed by atoms with Gasteiger partial charge in [-0.25, -0.2) is 4.79 Å². The van der Waals surface area contributed by atoms with Gasteiger partial charge < -0.3 is 80.2 Å². The van der Waals surface area contributed by atoms with E-state index in [1.165, 1.54) is 23.6 Å². The Hall–Kier alpha value is -5.59. The number of aliphatic carboxylic acids is 1. The summed E-state index contributed by atoms with van der Waals surface area (Å²) in [5.41, 5.74) is 21.8. The number of thioether (sulfide) groups is 1. The number of aliphatic hydroxyl groups excluding tert-OH is 1. The first-order chi connectivity index (χ1) is 34.9. The van der Waals surface area contributed by atoms with Crippen molar-refractivity contribution in [1.29, 1.82) is 0 Å². The van der Waals surface area contributed by atoms with Gasteiger partial charge in [-0.15, -0.1) is 0 Å². The molecule has 2 rings (SSSR count). The molecule has 0 aromatic heterocycles. The monoisotopic (exact) mass is 1100 g/mol. The van der Waals surface area contributed by atoms with Crippen LogP contribution in [-0.2, 0) is 52.7 Å². The highest BCUT2D eigenvalue weighted by atomic mass is 32.2. The van der Waals surface area contributed by atoms with E-state index in [-0.39, 0.29) is 94.4 Å². The summed E-state index contributed by atoms with van der Waals surface area (Å²) < 4.78 is 0. The van der Waals surface area contributed by atoms with Crippen LogP contribution in [0.2, 0.25) is 0 Å². The van der Waals surface area contributed by atoms with Crippen molar-refractivity contribution in [2.24, 2.45) is 33.8 Å². The summed E-state index contributed by atoms with van der Waals surface area (Å²) in [6.07, 6.45) is 2.53. The van der Waals surface area contributed by atoms with E-state index in [2.05, 4.69) is 67.5 Å². The number of primary amides is 1. The molecule has 0 spiro atoms. The van der Waals surface area contributed by atoms with Gasteiger partial charge in [0.25, 0.3) is 0 Å². The third-order valence-electron chi connectivity index (χ3n) is 12.0. The van der Waals surface area contributed by atoms with Gasteiger partial charge in [-0.05, 0) is 82.6 Å². The van der Waals surface area contributed by atoms with Crippen LogP contribution in [-0.4, -0.2) is 201 Å². The highest BCUT2D eigenvalue weighted by molar-refractivity contribution is 7.98. The second-order valence-corrected chi connectivity index (χ2v) is 20.1. The molecule has 17 N–H and O–H groups in total. The number of carbonyl (C=O) groups excluding carboxylic acids is 10. The third kappa shape index (κ3) is 21.0. The van der Waals surface area contributed by atoms with Crippen LogP contribution in [0.5, 0.6) is 0 Å². The molecule has 0 bridgehead atoms. The fraction of sp³-hybridized carbons (Fsp3) is 0.727. The fourth-order valence-corrected chi connectivity index (χ4v) is 9.00. The van der Waals surface area contributed by atoms with E-state index in [1.54, 1.807) is 20.1 Å². The lowest BCUT2D eigenvalue weighted by molar-refractivity contribution is -0.145. The summed E-state index contributed by atoms with van der Waals surface area (Å²) in [6, 6.07) is -12.6. The zero-order chi connectivity index (χ0) is 55.8. The number of carbonyl (C=O) groups is 11. The first kappa shape index (κ1) is 64.5. The molecule has 2 saturated heterocycles. The summed E-state index contributed by atoms with van der Waals surface area (Å²) >= 11 is 9.47. The molecule has 10 atom stereocenters.